The van der Waals surface area contributed by atoms with Crippen molar-refractivity contribution in [2.75, 3.05) is 27.9 Å². The zero-order chi connectivity index (χ0) is 24.0. The molecule has 0 aliphatic rings. The highest BCUT2D eigenvalue weighted by Crippen LogP contribution is 2.40. The van der Waals surface area contributed by atoms with Gasteiger partial charge in [-0.05, 0) is 37.6 Å². The van der Waals surface area contributed by atoms with E-state index < -0.39 is 0 Å². The van der Waals surface area contributed by atoms with E-state index in [1.807, 2.05) is 13.8 Å². The number of benzene rings is 2. The van der Waals surface area contributed by atoms with Crippen LogP contribution in [0.5, 0.6) is 17.2 Å². The molecular weight excluding hydrogens is 446 g/mol. The van der Waals surface area contributed by atoms with Gasteiger partial charge in [-0.15, -0.1) is 0 Å². The van der Waals surface area contributed by atoms with Crippen LogP contribution in [-0.4, -0.2) is 54.9 Å². The van der Waals surface area contributed by atoms with E-state index in [0.29, 0.717) is 58.1 Å². The van der Waals surface area contributed by atoms with Crippen molar-refractivity contribution in [3.63, 3.8) is 0 Å². The van der Waals surface area contributed by atoms with Gasteiger partial charge in [0, 0.05) is 24.6 Å². The molecule has 3 rings (SSSR count). The standard InChI is InChI=1S/C24H28ClN3O5/c1-6-15(2)28(24(29)17-9-7-8-10-18(17)25)12-11-21-26-23(27-33-21)16-13-19(30-3)22(32-5)20(14-16)31-4/h7-10,13-15H,6,11-12H2,1-5H3/t15-/m0/s1. The minimum atomic E-state index is -0.126. The fraction of sp³-hybridized carbons (Fsp3) is 0.375. The molecule has 0 aliphatic carbocycles. The largest absolute Gasteiger partial charge is 0.493 e. The Hall–Kier alpha value is -3.26. The molecule has 0 radical (unpaired) electrons. The lowest BCUT2D eigenvalue weighted by molar-refractivity contribution is 0.0686. The van der Waals surface area contributed by atoms with Gasteiger partial charge in [-0.1, -0.05) is 35.8 Å². The normalized spacial score (nSPS) is 11.7. The van der Waals surface area contributed by atoms with Gasteiger partial charge in [0.2, 0.25) is 17.5 Å². The van der Waals surface area contributed by atoms with E-state index in [1.165, 1.54) is 0 Å². The summed E-state index contributed by atoms with van der Waals surface area (Å²) in [5.41, 5.74) is 1.13. The Bertz CT molecular complexity index is 1080. The lowest BCUT2D eigenvalue weighted by Gasteiger charge is -2.28. The van der Waals surface area contributed by atoms with Crippen LogP contribution in [0.15, 0.2) is 40.9 Å². The molecular formula is C24H28ClN3O5. The predicted octanol–water partition coefficient (Wildman–Crippen LogP) is 4.90. The van der Waals surface area contributed by atoms with Gasteiger partial charge in [0.25, 0.3) is 5.91 Å². The monoisotopic (exact) mass is 473 g/mol. The van der Waals surface area contributed by atoms with Gasteiger partial charge < -0.3 is 23.6 Å². The smallest absolute Gasteiger partial charge is 0.255 e. The second-order valence-electron chi connectivity index (χ2n) is 7.41. The Morgan fingerprint density at radius 1 is 1.12 bits per heavy atom. The van der Waals surface area contributed by atoms with Crippen LogP contribution in [0.1, 0.15) is 36.5 Å². The number of aromatic nitrogens is 2. The third kappa shape index (κ3) is 5.39. The third-order valence-electron chi connectivity index (χ3n) is 5.45. The van der Waals surface area contributed by atoms with Crippen molar-refractivity contribution in [3.05, 3.63) is 52.9 Å². The summed E-state index contributed by atoms with van der Waals surface area (Å²) in [5, 5.41) is 4.52. The van der Waals surface area contributed by atoms with Crippen LogP contribution in [0.2, 0.25) is 5.02 Å². The molecule has 0 saturated heterocycles. The molecule has 0 bridgehead atoms. The van der Waals surface area contributed by atoms with Crippen LogP contribution in [0.3, 0.4) is 0 Å². The van der Waals surface area contributed by atoms with Crippen LogP contribution in [-0.2, 0) is 6.42 Å². The minimum Gasteiger partial charge on any atom is -0.493 e. The molecule has 176 valence electrons. The molecule has 0 saturated carbocycles. The molecule has 0 aliphatic heterocycles. The third-order valence-corrected chi connectivity index (χ3v) is 5.78. The number of carbonyl (C=O) groups is 1. The fourth-order valence-electron chi connectivity index (χ4n) is 3.43. The maximum atomic E-state index is 13.2. The highest BCUT2D eigenvalue weighted by Gasteiger charge is 2.23. The van der Waals surface area contributed by atoms with E-state index >= 15 is 0 Å². The summed E-state index contributed by atoms with van der Waals surface area (Å²) >= 11 is 6.25. The Kier molecular flexibility index (Phi) is 8.16. The minimum absolute atomic E-state index is 0.0197. The number of carbonyl (C=O) groups excluding carboxylic acids is 1. The molecule has 0 unspecified atom stereocenters. The number of amides is 1. The molecule has 9 heteroatoms. The topological polar surface area (TPSA) is 86.9 Å². The zero-order valence-electron chi connectivity index (χ0n) is 19.4. The summed E-state index contributed by atoms with van der Waals surface area (Å²) in [6.45, 7) is 4.45. The van der Waals surface area contributed by atoms with Gasteiger partial charge in [0.1, 0.15) is 0 Å². The molecule has 8 nitrogen and oxygen atoms in total. The molecule has 0 spiro atoms. The lowest BCUT2D eigenvalue weighted by atomic mass is 10.1. The molecule has 1 atom stereocenters. The van der Waals surface area contributed by atoms with Crippen molar-refractivity contribution in [2.24, 2.45) is 0 Å². The number of nitrogens with zero attached hydrogens (tertiary/aromatic N) is 3. The van der Waals surface area contributed by atoms with E-state index in [-0.39, 0.29) is 11.9 Å². The SMILES string of the molecule is CC[C@H](C)N(CCc1nc(-c2cc(OC)c(OC)c(OC)c2)no1)C(=O)c1ccccc1Cl. The number of methoxy groups -OCH3 is 3. The van der Waals surface area contributed by atoms with E-state index in [1.54, 1.807) is 62.6 Å². The average molecular weight is 474 g/mol. The van der Waals surface area contributed by atoms with Crippen LogP contribution in [0, 0.1) is 0 Å². The highest BCUT2D eigenvalue weighted by molar-refractivity contribution is 6.33. The molecule has 3 aromatic rings. The number of rotatable bonds is 10. The molecule has 33 heavy (non-hydrogen) atoms. The Morgan fingerprint density at radius 3 is 2.36 bits per heavy atom. The molecule has 1 heterocycles. The maximum absolute atomic E-state index is 13.2. The summed E-state index contributed by atoms with van der Waals surface area (Å²) < 4.78 is 21.6. The average Bonchev–Trinajstić information content (AvgIpc) is 3.32. The first-order chi connectivity index (χ1) is 15.9. The van der Waals surface area contributed by atoms with E-state index in [0.717, 1.165) is 6.42 Å². The summed E-state index contributed by atoms with van der Waals surface area (Å²) in [7, 11) is 4.63. The van der Waals surface area contributed by atoms with Crippen LogP contribution >= 0.6 is 11.6 Å². The van der Waals surface area contributed by atoms with Gasteiger partial charge in [-0.25, -0.2) is 0 Å². The Morgan fingerprint density at radius 2 is 1.79 bits per heavy atom. The van der Waals surface area contributed by atoms with Gasteiger partial charge >= 0.3 is 0 Å². The number of hydrogen-bond donors (Lipinski definition) is 0. The molecule has 1 amide bonds. The molecule has 1 aromatic heterocycles. The number of ether oxygens (including phenoxy) is 3. The first-order valence-corrected chi connectivity index (χ1v) is 11.0. The van der Waals surface area contributed by atoms with E-state index in [2.05, 4.69) is 10.1 Å². The first kappa shape index (κ1) is 24.4. The van der Waals surface area contributed by atoms with Gasteiger partial charge in [-0.2, -0.15) is 4.98 Å². The quantitative estimate of drug-likeness (QED) is 0.414. The summed E-state index contributed by atoms with van der Waals surface area (Å²) in [6.07, 6.45) is 1.20. The van der Waals surface area contributed by atoms with Crippen LogP contribution in [0.25, 0.3) is 11.4 Å². The zero-order valence-corrected chi connectivity index (χ0v) is 20.2. The van der Waals surface area contributed by atoms with Gasteiger partial charge in [0.05, 0.1) is 31.9 Å². The van der Waals surface area contributed by atoms with Crippen molar-refractivity contribution in [3.8, 4) is 28.6 Å². The van der Waals surface area contributed by atoms with Crippen LogP contribution in [0.4, 0.5) is 0 Å². The van der Waals surface area contributed by atoms with Gasteiger partial charge in [0.15, 0.2) is 11.5 Å². The van der Waals surface area contributed by atoms with Crippen molar-refractivity contribution in [1.82, 2.24) is 15.0 Å². The Labute approximate surface area is 198 Å². The first-order valence-electron chi connectivity index (χ1n) is 10.6. The number of halogens is 1. The van der Waals surface area contributed by atoms with Crippen molar-refractivity contribution in [1.29, 1.82) is 0 Å². The van der Waals surface area contributed by atoms with Crippen molar-refractivity contribution < 1.29 is 23.5 Å². The summed E-state index contributed by atoms with van der Waals surface area (Å²) in [6, 6.07) is 10.6. The maximum Gasteiger partial charge on any atom is 0.255 e. The summed E-state index contributed by atoms with van der Waals surface area (Å²) in [5.74, 6) is 2.14. The predicted molar refractivity (Wildman–Crippen MR) is 125 cm³/mol. The fourth-order valence-corrected chi connectivity index (χ4v) is 3.65. The van der Waals surface area contributed by atoms with E-state index in [4.69, 9.17) is 30.3 Å². The second-order valence-corrected chi connectivity index (χ2v) is 7.82. The Balaban J connectivity index is 1.80. The second kappa shape index (κ2) is 11.0. The molecule has 0 fully saturated rings. The van der Waals surface area contributed by atoms with Crippen molar-refractivity contribution >= 4 is 17.5 Å². The molecule has 2 aromatic carbocycles. The highest BCUT2D eigenvalue weighted by atomic mass is 35.5. The summed E-state index contributed by atoms with van der Waals surface area (Å²) in [4.78, 5) is 19.4. The number of hydrogen-bond acceptors (Lipinski definition) is 7. The molecule has 0 N–H and O–H groups in total. The lowest BCUT2D eigenvalue weighted by Crippen LogP contribution is -2.40. The van der Waals surface area contributed by atoms with Crippen molar-refractivity contribution in [2.45, 2.75) is 32.7 Å². The van der Waals surface area contributed by atoms with Gasteiger partial charge in [-0.3, -0.25) is 4.79 Å². The van der Waals surface area contributed by atoms with Crippen LogP contribution < -0.4 is 14.2 Å². The van der Waals surface area contributed by atoms with E-state index in [9.17, 15) is 4.79 Å².